The van der Waals surface area contributed by atoms with E-state index in [2.05, 4.69) is 50.2 Å². The van der Waals surface area contributed by atoms with E-state index in [1.165, 1.54) is 5.56 Å². The lowest BCUT2D eigenvalue weighted by Gasteiger charge is -2.27. The lowest BCUT2D eigenvalue weighted by molar-refractivity contribution is 0.646. The quantitative estimate of drug-likeness (QED) is 0.830. The van der Waals surface area contributed by atoms with Crippen molar-refractivity contribution in [2.45, 2.75) is 38.8 Å². The van der Waals surface area contributed by atoms with E-state index in [4.69, 9.17) is 17.3 Å². The van der Waals surface area contributed by atoms with Gasteiger partial charge >= 0.3 is 0 Å². The largest absolute Gasteiger partial charge is 0.370 e. The summed E-state index contributed by atoms with van der Waals surface area (Å²) < 4.78 is 0. The first-order valence-electron chi connectivity index (χ1n) is 6.75. The van der Waals surface area contributed by atoms with Crippen molar-refractivity contribution in [2.24, 2.45) is 5.73 Å². The molecule has 0 aliphatic rings. The molecule has 4 heteroatoms. The molecule has 2 N–H and O–H groups in total. The van der Waals surface area contributed by atoms with Gasteiger partial charge in [-0.3, -0.25) is 0 Å². The second-order valence-electron chi connectivity index (χ2n) is 5.07. The van der Waals surface area contributed by atoms with Gasteiger partial charge in [-0.2, -0.15) is 11.8 Å². The van der Waals surface area contributed by atoms with Crippen LogP contribution in [0.1, 0.15) is 25.8 Å². The van der Waals surface area contributed by atoms with Crippen LogP contribution >= 0.6 is 23.4 Å². The molecule has 0 spiro atoms. The molecule has 0 saturated carbocycles. The molecule has 0 bridgehead atoms. The number of nitrogens with zero attached hydrogens (tertiary/aromatic N) is 1. The van der Waals surface area contributed by atoms with Crippen molar-refractivity contribution in [1.29, 1.82) is 0 Å². The van der Waals surface area contributed by atoms with E-state index in [1.807, 2.05) is 11.8 Å². The van der Waals surface area contributed by atoms with Crippen molar-refractivity contribution >= 4 is 29.1 Å². The van der Waals surface area contributed by atoms with Gasteiger partial charge in [0, 0.05) is 24.9 Å². The average molecular weight is 301 g/mol. The van der Waals surface area contributed by atoms with Crippen LogP contribution < -0.4 is 10.6 Å². The highest BCUT2D eigenvalue weighted by Crippen LogP contribution is 2.28. The normalized spacial score (nSPS) is 14.2. The standard InChI is InChI=1S/C15H25ClN2S/c1-5-13(17)8-12-6-7-15(14(16)9-12)18(3)11(2)10-19-4/h6-7,9,11,13H,5,8,10,17H2,1-4H3. The summed E-state index contributed by atoms with van der Waals surface area (Å²) in [6, 6.07) is 6.98. The number of hydrogen-bond donors (Lipinski definition) is 1. The molecule has 0 fully saturated rings. The molecule has 0 heterocycles. The van der Waals surface area contributed by atoms with Crippen LogP contribution in [0.5, 0.6) is 0 Å². The molecule has 2 unspecified atom stereocenters. The van der Waals surface area contributed by atoms with Gasteiger partial charge in [-0.25, -0.2) is 0 Å². The summed E-state index contributed by atoms with van der Waals surface area (Å²) in [6.07, 6.45) is 4.01. The summed E-state index contributed by atoms with van der Waals surface area (Å²) in [7, 11) is 2.10. The molecule has 0 aromatic heterocycles. The van der Waals surface area contributed by atoms with Crippen LogP contribution in [0, 0.1) is 0 Å². The molecular weight excluding hydrogens is 276 g/mol. The molecule has 2 atom stereocenters. The number of halogens is 1. The second-order valence-corrected chi connectivity index (χ2v) is 6.39. The first-order valence-corrected chi connectivity index (χ1v) is 8.52. The molecule has 0 amide bonds. The molecule has 0 saturated heterocycles. The van der Waals surface area contributed by atoms with E-state index in [-0.39, 0.29) is 6.04 Å². The minimum absolute atomic E-state index is 0.218. The number of thioether (sulfide) groups is 1. The Labute approximate surface area is 126 Å². The first-order chi connectivity index (χ1) is 8.99. The van der Waals surface area contributed by atoms with Crippen LogP contribution in [-0.2, 0) is 6.42 Å². The van der Waals surface area contributed by atoms with Crippen molar-refractivity contribution in [3.63, 3.8) is 0 Å². The van der Waals surface area contributed by atoms with Crippen molar-refractivity contribution in [2.75, 3.05) is 24.0 Å². The fraction of sp³-hybridized carbons (Fsp3) is 0.600. The fourth-order valence-electron chi connectivity index (χ4n) is 2.00. The van der Waals surface area contributed by atoms with Crippen LogP contribution in [-0.4, -0.2) is 31.1 Å². The third-order valence-electron chi connectivity index (χ3n) is 3.48. The summed E-state index contributed by atoms with van der Waals surface area (Å²) >= 11 is 8.26. The third kappa shape index (κ3) is 4.90. The molecule has 2 nitrogen and oxygen atoms in total. The van der Waals surface area contributed by atoms with Crippen LogP contribution in [0.4, 0.5) is 5.69 Å². The van der Waals surface area contributed by atoms with Gasteiger partial charge in [0.15, 0.2) is 0 Å². The monoisotopic (exact) mass is 300 g/mol. The number of benzene rings is 1. The van der Waals surface area contributed by atoms with Crippen LogP contribution in [0.2, 0.25) is 5.02 Å². The Bertz CT molecular complexity index is 398. The Morgan fingerprint density at radius 1 is 1.42 bits per heavy atom. The summed E-state index contributed by atoms with van der Waals surface area (Å²) in [6.45, 7) is 4.33. The lowest BCUT2D eigenvalue weighted by Crippen LogP contribution is -2.31. The maximum absolute atomic E-state index is 6.41. The van der Waals surface area contributed by atoms with E-state index in [0.717, 1.165) is 29.3 Å². The molecule has 1 rings (SSSR count). The average Bonchev–Trinajstić information content (AvgIpc) is 2.38. The Morgan fingerprint density at radius 2 is 2.11 bits per heavy atom. The lowest BCUT2D eigenvalue weighted by atomic mass is 10.0. The Hall–Kier alpha value is -0.380. The highest BCUT2D eigenvalue weighted by atomic mass is 35.5. The van der Waals surface area contributed by atoms with E-state index >= 15 is 0 Å². The van der Waals surface area contributed by atoms with Crippen molar-refractivity contribution in [3.05, 3.63) is 28.8 Å². The van der Waals surface area contributed by atoms with Gasteiger partial charge in [-0.15, -0.1) is 0 Å². The number of anilines is 1. The van der Waals surface area contributed by atoms with Gasteiger partial charge in [0.2, 0.25) is 0 Å². The number of rotatable bonds is 7. The zero-order chi connectivity index (χ0) is 14.4. The first kappa shape index (κ1) is 16.7. The van der Waals surface area contributed by atoms with Gasteiger partial charge in [0.1, 0.15) is 0 Å². The molecule has 1 aromatic rings. The highest BCUT2D eigenvalue weighted by molar-refractivity contribution is 7.98. The summed E-state index contributed by atoms with van der Waals surface area (Å²) in [5.41, 5.74) is 8.30. The molecule has 108 valence electrons. The molecule has 0 aliphatic carbocycles. The summed E-state index contributed by atoms with van der Waals surface area (Å²) in [5, 5.41) is 0.816. The summed E-state index contributed by atoms with van der Waals surface area (Å²) in [4.78, 5) is 2.24. The van der Waals surface area contributed by atoms with Crippen LogP contribution in [0.25, 0.3) is 0 Å². The predicted molar refractivity (Wildman–Crippen MR) is 89.7 cm³/mol. The molecule has 19 heavy (non-hydrogen) atoms. The third-order valence-corrected chi connectivity index (χ3v) is 4.60. The minimum Gasteiger partial charge on any atom is -0.370 e. The maximum Gasteiger partial charge on any atom is 0.0642 e. The van der Waals surface area contributed by atoms with E-state index in [1.54, 1.807) is 0 Å². The number of nitrogens with two attached hydrogens (primary N) is 1. The van der Waals surface area contributed by atoms with Crippen molar-refractivity contribution < 1.29 is 0 Å². The minimum atomic E-state index is 0.218. The number of hydrogen-bond acceptors (Lipinski definition) is 3. The smallest absolute Gasteiger partial charge is 0.0642 e. The topological polar surface area (TPSA) is 29.3 Å². The maximum atomic E-state index is 6.41. The zero-order valence-corrected chi connectivity index (χ0v) is 13.9. The molecule has 1 aromatic carbocycles. The Balaban J connectivity index is 2.82. The molecule has 0 radical (unpaired) electrons. The van der Waals surface area contributed by atoms with Crippen molar-refractivity contribution in [3.8, 4) is 0 Å². The van der Waals surface area contributed by atoms with E-state index in [9.17, 15) is 0 Å². The Morgan fingerprint density at radius 3 is 2.63 bits per heavy atom. The second kappa shape index (κ2) is 8.03. The van der Waals surface area contributed by atoms with Gasteiger partial charge in [0.25, 0.3) is 0 Å². The van der Waals surface area contributed by atoms with Gasteiger partial charge in [-0.1, -0.05) is 24.6 Å². The van der Waals surface area contributed by atoms with Crippen molar-refractivity contribution in [1.82, 2.24) is 0 Å². The molecule has 0 aliphatic heterocycles. The van der Waals surface area contributed by atoms with Gasteiger partial charge < -0.3 is 10.6 Å². The molecular formula is C15H25ClN2S. The Kier molecular flexibility index (Phi) is 7.05. The van der Waals surface area contributed by atoms with Crippen LogP contribution in [0.15, 0.2) is 18.2 Å². The fourth-order valence-corrected chi connectivity index (χ4v) is 3.04. The van der Waals surface area contributed by atoms with Gasteiger partial charge in [-0.05, 0) is 43.7 Å². The van der Waals surface area contributed by atoms with E-state index in [0.29, 0.717) is 6.04 Å². The predicted octanol–water partition coefficient (Wildman–Crippen LogP) is 3.81. The zero-order valence-electron chi connectivity index (χ0n) is 12.3. The summed E-state index contributed by atoms with van der Waals surface area (Å²) in [5.74, 6) is 1.09. The van der Waals surface area contributed by atoms with Crippen LogP contribution in [0.3, 0.4) is 0 Å². The SMILES string of the molecule is CCC(N)Cc1ccc(N(C)C(C)CSC)c(Cl)c1. The van der Waals surface area contributed by atoms with E-state index < -0.39 is 0 Å². The van der Waals surface area contributed by atoms with Gasteiger partial charge in [0.05, 0.1) is 10.7 Å². The highest BCUT2D eigenvalue weighted by Gasteiger charge is 2.13.